The maximum atomic E-state index is 11.5. The van der Waals surface area contributed by atoms with Gasteiger partial charge in [-0.15, -0.1) is 11.3 Å². The minimum atomic E-state index is 0.0136. The average Bonchev–Trinajstić information content (AvgIpc) is 2.47. The zero-order valence-electron chi connectivity index (χ0n) is 8.59. The molecule has 0 radical (unpaired) electrons. The van der Waals surface area contributed by atoms with Crippen LogP contribution >= 0.6 is 11.3 Å². The SMILES string of the molecule is Cc1cc(C(=O)NCCCN)sc1C. The van der Waals surface area contributed by atoms with Gasteiger partial charge in [0.2, 0.25) is 0 Å². The molecule has 0 atom stereocenters. The Balaban J connectivity index is 2.52. The third-order valence-corrected chi connectivity index (χ3v) is 3.21. The molecule has 1 aromatic heterocycles. The predicted molar refractivity (Wildman–Crippen MR) is 59.8 cm³/mol. The number of nitrogens with two attached hydrogens (primary N) is 1. The highest BCUT2D eigenvalue weighted by Gasteiger charge is 2.08. The van der Waals surface area contributed by atoms with Crippen LogP contribution in [0.3, 0.4) is 0 Å². The summed E-state index contributed by atoms with van der Waals surface area (Å²) in [5.41, 5.74) is 6.51. The Hall–Kier alpha value is -0.870. The lowest BCUT2D eigenvalue weighted by Gasteiger charge is -2.00. The molecule has 0 aromatic carbocycles. The first-order valence-corrected chi connectivity index (χ1v) is 5.52. The molecule has 0 unspecified atom stereocenters. The van der Waals surface area contributed by atoms with Crippen molar-refractivity contribution in [1.29, 1.82) is 0 Å². The zero-order valence-corrected chi connectivity index (χ0v) is 9.41. The van der Waals surface area contributed by atoms with Gasteiger partial charge in [0.1, 0.15) is 0 Å². The van der Waals surface area contributed by atoms with Crippen molar-refractivity contribution in [2.75, 3.05) is 13.1 Å². The van der Waals surface area contributed by atoms with Crippen LogP contribution in [-0.4, -0.2) is 19.0 Å². The van der Waals surface area contributed by atoms with E-state index in [0.717, 1.165) is 11.3 Å². The van der Waals surface area contributed by atoms with E-state index in [9.17, 15) is 4.79 Å². The first-order chi connectivity index (χ1) is 6.65. The van der Waals surface area contributed by atoms with Crippen LogP contribution in [0.2, 0.25) is 0 Å². The summed E-state index contributed by atoms with van der Waals surface area (Å²) in [7, 11) is 0. The lowest BCUT2D eigenvalue weighted by molar-refractivity contribution is 0.0957. The van der Waals surface area contributed by atoms with Crippen molar-refractivity contribution >= 4 is 17.2 Å². The van der Waals surface area contributed by atoms with Gasteiger partial charge in [-0.2, -0.15) is 0 Å². The van der Waals surface area contributed by atoms with Crippen molar-refractivity contribution in [2.24, 2.45) is 5.73 Å². The summed E-state index contributed by atoms with van der Waals surface area (Å²) >= 11 is 1.54. The van der Waals surface area contributed by atoms with Gasteiger partial charge in [0, 0.05) is 11.4 Å². The van der Waals surface area contributed by atoms with Crippen LogP contribution in [0.4, 0.5) is 0 Å². The number of amides is 1. The molecule has 0 aliphatic carbocycles. The molecule has 0 aliphatic rings. The predicted octanol–water partition coefficient (Wildman–Crippen LogP) is 1.44. The van der Waals surface area contributed by atoms with E-state index >= 15 is 0 Å². The fourth-order valence-corrected chi connectivity index (χ4v) is 2.03. The summed E-state index contributed by atoms with van der Waals surface area (Å²) in [5.74, 6) is 0.0136. The maximum Gasteiger partial charge on any atom is 0.261 e. The molecule has 1 heterocycles. The van der Waals surface area contributed by atoms with E-state index in [1.54, 1.807) is 0 Å². The van der Waals surface area contributed by atoms with Crippen molar-refractivity contribution in [2.45, 2.75) is 20.3 Å². The van der Waals surface area contributed by atoms with Gasteiger partial charge in [-0.05, 0) is 38.4 Å². The molecule has 1 amide bonds. The number of rotatable bonds is 4. The van der Waals surface area contributed by atoms with Crippen LogP contribution in [0.15, 0.2) is 6.07 Å². The maximum absolute atomic E-state index is 11.5. The Morgan fingerprint density at radius 3 is 2.79 bits per heavy atom. The normalized spacial score (nSPS) is 10.2. The molecule has 1 rings (SSSR count). The van der Waals surface area contributed by atoms with Gasteiger partial charge in [-0.3, -0.25) is 4.79 Å². The van der Waals surface area contributed by atoms with E-state index in [2.05, 4.69) is 5.32 Å². The molecule has 0 fully saturated rings. The smallest absolute Gasteiger partial charge is 0.261 e. The number of nitrogens with one attached hydrogen (secondary N) is 1. The minimum Gasteiger partial charge on any atom is -0.351 e. The monoisotopic (exact) mass is 212 g/mol. The van der Waals surface area contributed by atoms with E-state index in [1.165, 1.54) is 21.8 Å². The molecule has 0 bridgehead atoms. The minimum absolute atomic E-state index is 0.0136. The fourth-order valence-electron chi connectivity index (χ4n) is 1.08. The van der Waals surface area contributed by atoms with Crippen LogP contribution < -0.4 is 11.1 Å². The summed E-state index contributed by atoms with van der Waals surface area (Å²) in [6.45, 7) is 5.31. The third-order valence-electron chi connectivity index (χ3n) is 2.06. The highest BCUT2D eigenvalue weighted by molar-refractivity contribution is 7.14. The Morgan fingerprint density at radius 1 is 1.57 bits per heavy atom. The van der Waals surface area contributed by atoms with Crippen LogP contribution in [0.25, 0.3) is 0 Å². The van der Waals surface area contributed by atoms with E-state index in [0.29, 0.717) is 13.1 Å². The van der Waals surface area contributed by atoms with Gasteiger partial charge >= 0.3 is 0 Å². The second-order valence-corrected chi connectivity index (χ2v) is 4.50. The van der Waals surface area contributed by atoms with Crippen molar-refractivity contribution < 1.29 is 4.79 Å². The molecule has 78 valence electrons. The topological polar surface area (TPSA) is 55.1 Å². The Labute approximate surface area is 88.3 Å². The highest BCUT2D eigenvalue weighted by atomic mass is 32.1. The number of hydrogen-bond acceptors (Lipinski definition) is 3. The van der Waals surface area contributed by atoms with Crippen molar-refractivity contribution in [1.82, 2.24) is 5.32 Å². The summed E-state index contributed by atoms with van der Waals surface area (Å²) in [6, 6.07) is 1.93. The van der Waals surface area contributed by atoms with E-state index < -0.39 is 0 Å². The lowest BCUT2D eigenvalue weighted by Crippen LogP contribution is -2.25. The number of aryl methyl sites for hydroxylation is 2. The highest BCUT2D eigenvalue weighted by Crippen LogP contribution is 2.20. The standard InChI is InChI=1S/C10H16N2OS/c1-7-6-9(14-8(7)2)10(13)12-5-3-4-11/h6H,3-5,11H2,1-2H3,(H,12,13). The van der Waals surface area contributed by atoms with Crippen LogP contribution in [0.5, 0.6) is 0 Å². The van der Waals surface area contributed by atoms with Crippen molar-refractivity contribution in [3.63, 3.8) is 0 Å². The number of carbonyl (C=O) groups is 1. The molecular weight excluding hydrogens is 196 g/mol. The molecule has 14 heavy (non-hydrogen) atoms. The summed E-state index contributed by atoms with van der Waals surface area (Å²) in [6.07, 6.45) is 0.828. The van der Waals surface area contributed by atoms with Gasteiger partial charge < -0.3 is 11.1 Å². The Kier molecular flexibility index (Phi) is 4.10. The van der Waals surface area contributed by atoms with Gasteiger partial charge in [-0.1, -0.05) is 0 Å². The lowest BCUT2D eigenvalue weighted by atomic mass is 10.3. The van der Waals surface area contributed by atoms with Gasteiger partial charge in [-0.25, -0.2) is 0 Å². The Bertz CT molecular complexity index is 300. The van der Waals surface area contributed by atoms with Gasteiger partial charge in [0.15, 0.2) is 0 Å². The van der Waals surface area contributed by atoms with Crippen molar-refractivity contribution in [3.8, 4) is 0 Å². The molecule has 4 heteroatoms. The van der Waals surface area contributed by atoms with Crippen molar-refractivity contribution in [3.05, 3.63) is 21.4 Å². The third kappa shape index (κ3) is 2.82. The first-order valence-electron chi connectivity index (χ1n) is 4.70. The van der Waals surface area contributed by atoms with Crippen LogP contribution in [0, 0.1) is 13.8 Å². The van der Waals surface area contributed by atoms with Gasteiger partial charge in [0.25, 0.3) is 5.91 Å². The fraction of sp³-hybridized carbons (Fsp3) is 0.500. The molecule has 3 nitrogen and oxygen atoms in total. The summed E-state index contributed by atoms with van der Waals surface area (Å²) in [5, 5.41) is 2.83. The molecule has 0 aliphatic heterocycles. The van der Waals surface area contributed by atoms with E-state index in [4.69, 9.17) is 5.73 Å². The van der Waals surface area contributed by atoms with E-state index in [-0.39, 0.29) is 5.91 Å². The average molecular weight is 212 g/mol. The zero-order chi connectivity index (χ0) is 10.6. The second-order valence-electron chi connectivity index (χ2n) is 3.25. The Morgan fingerprint density at radius 2 is 2.29 bits per heavy atom. The second kappa shape index (κ2) is 5.12. The summed E-state index contributed by atoms with van der Waals surface area (Å²) < 4.78 is 0. The quantitative estimate of drug-likeness (QED) is 0.742. The molecule has 0 saturated heterocycles. The van der Waals surface area contributed by atoms with Crippen LogP contribution in [-0.2, 0) is 0 Å². The van der Waals surface area contributed by atoms with Crippen LogP contribution in [0.1, 0.15) is 26.5 Å². The number of carbonyl (C=O) groups excluding carboxylic acids is 1. The van der Waals surface area contributed by atoms with E-state index in [1.807, 2.05) is 19.9 Å². The molecular formula is C10H16N2OS. The molecule has 3 N–H and O–H groups in total. The van der Waals surface area contributed by atoms with Gasteiger partial charge in [0.05, 0.1) is 4.88 Å². The largest absolute Gasteiger partial charge is 0.351 e. The number of hydrogen-bond donors (Lipinski definition) is 2. The molecule has 0 spiro atoms. The first kappa shape index (κ1) is 11.2. The molecule has 1 aromatic rings. The summed E-state index contributed by atoms with van der Waals surface area (Å²) in [4.78, 5) is 13.5. The number of thiophene rings is 1. The molecule has 0 saturated carbocycles.